The van der Waals surface area contributed by atoms with Gasteiger partial charge in [-0.15, -0.1) is 0 Å². The summed E-state index contributed by atoms with van der Waals surface area (Å²) in [6.07, 6.45) is 3.99. The Labute approximate surface area is 137 Å². The van der Waals surface area contributed by atoms with E-state index in [1.54, 1.807) is 0 Å². The van der Waals surface area contributed by atoms with Gasteiger partial charge in [0, 0.05) is 12.3 Å². The molecule has 1 amide bonds. The molecule has 3 nitrogen and oxygen atoms in total. The first-order chi connectivity index (χ1) is 11.3. The van der Waals surface area contributed by atoms with Crippen LogP contribution in [0.2, 0.25) is 0 Å². The second kappa shape index (κ2) is 7.42. The summed E-state index contributed by atoms with van der Waals surface area (Å²) in [5.74, 6) is 0.0663. The van der Waals surface area contributed by atoms with Gasteiger partial charge in [-0.2, -0.15) is 0 Å². The highest BCUT2D eigenvalue weighted by molar-refractivity contribution is 5.76. The van der Waals surface area contributed by atoms with Crippen LogP contribution in [0.5, 0.6) is 0 Å². The highest BCUT2D eigenvalue weighted by Gasteiger charge is 2.35. The fourth-order valence-corrected chi connectivity index (χ4v) is 3.51. The molecule has 0 saturated carbocycles. The average Bonchev–Trinajstić information content (AvgIpc) is 2.60. The third kappa shape index (κ3) is 3.80. The van der Waals surface area contributed by atoms with Crippen LogP contribution in [0.15, 0.2) is 60.7 Å². The zero-order valence-electron chi connectivity index (χ0n) is 13.3. The largest absolute Gasteiger partial charge is 0.286 e. The van der Waals surface area contributed by atoms with Gasteiger partial charge in [0.1, 0.15) is 0 Å². The lowest BCUT2D eigenvalue weighted by Gasteiger charge is -2.37. The minimum Gasteiger partial charge on any atom is -0.286 e. The molecular formula is C20H23NO2. The molecule has 3 rings (SSSR count). The number of rotatable bonds is 5. The van der Waals surface area contributed by atoms with Gasteiger partial charge < -0.3 is 0 Å². The summed E-state index contributed by atoms with van der Waals surface area (Å²) in [6, 6.07) is 20.5. The van der Waals surface area contributed by atoms with Crippen LogP contribution in [-0.4, -0.2) is 22.2 Å². The van der Waals surface area contributed by atoms with Gasteiger partial charge in [0.2, 0.25) is 5.91 Å². The minimum atomic E-state index is -0.151. The van der Waals surface area contributed by atoms with Crippen molar-refractivity contribution in [2.24, 2.45) is 0 Å². The summed E-state index contributed by atoms with van der Waals surface area (Å²) in [6.45, 7) is 0. The third-order valence-electron chi connectivity index (χ3n) is 4.74. The Morgan fingerprint density at radius 2 is 1.65 bits per heavy atom. The van der Waals surface area contributed by atoms with Crippen molar-refractivity contribution in [3.05, 3.63) is 71.8 Å². The van der Waals surface area contributed by atoms with Crippen LogP contribution >= 0.6 is 0 Å². The second-order valence-corrected chi connectivity index (χ2v) is 6.24. The predicted molar refractivity (Wildman–Crippen MR) is 90.2 cm³/mol. The Balaban J connectivity index is 1.68. The van der Waals surface area contributed by atoms with Crippen molar-refractivity contribution in [1.29, 1.82) is 0 Å². The normalized spacial score (nSPS) is 21.4. The van der Waals surface area contributed by atoms with Gasteiger partial charge in [-0.25, -0.2) is 5.06 Å². The van der Waals surface area contributed by atoms with Crippen LogP contribution in [0, 0.1) is 0 Å². The average molecular weight is 309 g/mol. The Morgan fingerprint density at radius 1 is 1.00 bits per heavy atom. The Morgan fingerprint density at radius 3 is 2.35 bits per heavy atom. The van der Waals surface area contributed by atoms with E-state index in [1.165, 1.54) is 11.1 Å². The summed E-state index contributed by atoms with van der Waals surface area (Å²) in [4.78, 5) is 11.9. The first-order valence-corrected chi connectivity index (χ1v) is 8.35. The van der Waals surface area contributed by atoms with E-state index in [1.807, 2.05) is 36.4 Å². The van der Waals surface area contributed by atoms with Crippen LogP contribution < -0.4 is 0 Å². The molecule has 1 aliphatic heterocycles. The first kappa shape index (κ1) is 15.8. The van der Waals surface area contributed by atoms with Gasteiger partial charge in [0.15, 0.2) is 0 Å². The minimum absolute atomic E-state index is 0.123. The number of carbonyl (C=O) groups excluding carboxylic acids is 1. The molecule has 0 aromatic heterocycles. The fraction of sp³-hybridized carbons (Fsp3) is 0.350. The molecular weight excluding hydrogens is 286 g/mol. The van der Waals surface area contributed by atoms with Gasteiger partial charge in [0.25, 0.3) is 0 Å². The molecule has 2 aromatic rings. The van der Waals surface area contributed by atoms with Crippen LogP contribution in [-0.2, 0) is 11.2 Å². The van der Waals surface area contributed by atoms with Gasteiger partial charge in [-0.05, 0) is 36.8 Å². The van der Waals surface area contributed by atoms with E-state index in [0.29, 0.717) is 6.42 Å². The quantitative estimate of drug-likeness (QED) is 0.842. The summed E-state index contributed by atoms with van der Waals surface area (Å²) in [5, 5.41) is 11.2. The van der Waals surface area contributed by atoms with E-state index in [2.05, 4.69) is 24.3 Å². The number of amides is 1. The highest BCUT2D eigenvalue weighted by Crippen LogP contribution is 2.34. The number of hydroxylamine groups is 2. The molecule has 0 bridgehead atoms. The van der Waals surface area contributed by atoms with Crippen molar-refractivity contribution in [3.8, 4) is 0 Å². The lowest BCUT2D eigenvalue weighted by atomic mass is 9.82. The van der Waals surface area contributed by atoms with E-state index in [-0.39, 0.29) is 17.9 Å². The molecule has 2 atom stereocenters. The number of benzene rings is 2. The molecule has 0 spiro atoms. The van der Waals surface area contributed by atoms with Crippen molar-refractivity contribution in [3.63, 3.8) is 0 Å². The zero-order chi connectivity index (χ0) is 16.1. The molecule has 0 radical (unpaired) electrons. The zero-order valence-corrected chi connectivity index (χ0v) is 13.3. The molecule has 0 aliphatic carbocycles. The summed E-state index contributed by atoms with van der Waals surface area (Å²) in [5.41, 5.74) is 2.51. The Hall–Kier alpha value is -2.13. The van der Waals surface area contributed by atoms with Gasteiger partial charge >= 0.3 is 0 Å². The lowest BCUT2D eigenvalue weighted by molar-refractivity contribution is -0.185. The number of carbonyl (C=O) groups is 1. The molecule has 1 N–H and O–H groups in total. The van der Waals surface area contributed by atoms with Crippen molar-refractivity contribution in [2.45, 2.75) is 44.1 Å². The van der Waals surface area contributed by atoms with Crippen LogP contribution in [0.3, 0.4) is 0 Å². The third-order valence-corrected chi connectivity index (χ3v) is 4.74. The van der Waals surface area contributed by atoms with E-state index in [4.69, 9.17) is 0 Å². The van der Waals surface area contributed by atoms with Crippen LogP contribution in [0.25, 0.3) is 0 Å². The first-order valence-electron chi connectivity index (χ1n) is 8.35. The predicted octanol–water partition coefficient (Wildman–Crippen LogP) is 4.17. The second-order valence-electron chi connectivity index (χ2n) is 6.24. The van der Waals surface area contributed by atoms with E-state index in [0.717, 1.165) is 30.7 Å². The van der Waals surface area contributed by atoms with Crippen molar-refractivity contribution in [2.75, 3.05) is 0 Å². The number of hydrogen-bond acceptors (Lipinski definition) is 2. The van der Waals surface area contributed by atoms with Crippen molar-refractivity contribution < 1.29 is 10.0 Å². The maximum atomic E-state index is 11.9. The summed E-state index contributed by atoms with van der Waals surface area (Å²) in [7, 11) is 0. The Kier molecular flexibility index (Phi) is 5.09. The molecule has 3 heteroatoms. The highest BCUT2D eigenvalue weighted by atomic mass is 16.5. The smallest absolute Gasteiger partial charge is 0.246 e. The standard InChI is InChI=1S/C20H23NO2/c22-20-15-14-18(17-11-5-2-6-12-17)19(21(20)23)13-7-10-16-8-3-1-4-9-16/h1-6,8-9,11-12,18-19,23H,7,10,13-15H2/t18-,19-/m0/s1. The molecule has 1 saturated heterocycles. The summed E-state index contributed by atoms with van der Waals surface area (Å²) < 4.78 is 0. The molecule has 120 valence electrons. The van der Waals surface area contributed by atoms with Gasteiger partial charge in [-0.1, -0.05) is 60.7 Å². The van der Waals surface area contributed by atoms with E-state index >= 15 is 0 Å². The lowest BCUT2D eigenvalue weighted by Crippen LogP contribution is -2.45. The monoisotopic (exact) mass is 309 g/mol. The van der Waals surface area contributed by atoms with Crippen LogP contribution in [0.4, 0.5) is 0 Å². The molecule has 1 aliphatic rings. The fourth-order valence-electron chi connectivity index (χ4n) is 3.51. The number of nitrogens with zero attached hydrogens (tertiary/aromatic N) is 1. The van der Waals surface area contributed by atoms with Crippen molar-refractivity contribution >= 4 is 5.91 Å². The van der Waals surface area contributed by atoms with E-state index in [9.17, 15) is 10.0 Å². The molecule has 0 unspecified atom stereocenters. The molecule has 23 heavy (non-hydrogen) atoms. The maximum Gasteiger partial charge on any atom is 0.246 e. The van der Waals surface area contributed by atoms with Gasteiger partial charge in [-0.3, -0.25) is 10.0 Å². The topological polar surface area (TPSA) is 40.5 Å². The number of aryl methyl sites for hydroxylation is 1. The molecule has 1 fully saturated rings. The van der Waals surface area contributed by atoms with Gasteiger partial charge in [0.05, 0.1) is 6.04 Å². The summed E-state index contributed by atoms with van der Waals surface area (Å²) >= 11 is 0. The van der Waals surface area contributed by atoms with Crippen LogP contribution in [0.1, 0.15) is 42.7 Å². The molecule has 1 heterocycles. The number of hydrogen-bond donors (Lipinski definition) is 1. The Bertz CT molecular complexity index is 627. The van der Waals surface area contributed by atoms with Crippen molar-refractivity contribution in [1.82, 2.24) is 5.06 Å². The maximum absolute atomic E-state index is 11.9. The SMILES string of the molecule is O=C1CC[C@@H](c2ccccc2)[C@H](CCCc2ccccc2)N1O. The van der Waals surface area contributed by atoms with E-state index < -0.39 is 0 Å². The number of piperidine rings is 1. The molecule has 2 aromatic carbocycles.